The van der Waals surface area contributed by atoms with Gasteiger partial charge < -0.3 is 13.7 Å². The molecule has 0 saturated carbocycles. The first-order chi connectivity index (χ1) is 36.4. The average Bonchev–Trinajstić information content (AvgIpc) is 4.19. The van der Waals surface area contributed by atoms with Crippen molar-refractivity contribution in [3.63, 3.8) is 0 Å². The lowest BCUT2D eigenvalue weighted by molar-refractivity contribution is 1.06. The Balaban J connectivity index is 1.12. The molecule has 0 spiro atoms. The van der Waals surface area contributed by atoms with Crippen molar-refractivity contribution < 1.29 is 5.48 Å². The molecule has 5 nitrogen and oxygen atoms in total. The van der Waals surface area contributed by atoms with E-state index in [1.54, 1.807) is 0 Å². The molecule has 0 N–H and O–H groups in total. The quantitative estimate of drug-likeness (QED) is 0.164. The van der Waals surface area contributed by atoms with E-state index in [0.29, 0.717) is 27.8 Å². The molecule has 5 heteroatoms. The van der Waals surface area contributed by atoms with Gasteiger partial charge >= 0.3 is 0 Å². The molecule has 5 aromatic heterocycles. The van der Waals surface area contributed by atoms with E-state index in [-0.39, 0.29) is 24.2 Å². The van der Waals surface area contributed by atoms with Crippen molar-refractivity contribution in [2.75, 3.05) is 0 Å². The van der Waals surface area contributed by atoms with E-state index < -0.39 is 0 Å². The Kier molecular flexibility index (Phi) is 7.47. The summed E-state index contributed by atoms with van der Waals surface area (Å²) in [6.45, 7) is 0. The van der Waals surface area contributed by atoms with Gasteiger partial charge in [0.15, 0.2) is 0 Å². The predicted molar refractivity (Wildman–Crippen MR) is 292 cm³/mol. The molecule has 0 atom stereocenters. The molecule has 5 heterocycles. The Morgan fingerprint density at radius 1 is 0.314 bits per heavy atom. The van der Waals surface area contributed by atoms with Crippen molar-refractivity contribution in [2.45, 2.75) is 0 Å². The van der Waals surface area contributed by atoms with Crippen LogP contribution in [0.2, 0.25) is 0 Å². The second-order valence-electron chi connectivity index (χ2n) is 18.0. The summed E-state index contributed by atoms with van der Waals surface area (Å²) in [6.07, 6.45) is 0. The highest BCUT2D eigenvalue weighted by Crippen LogP contribution is 2.45. The molecule has 326 valence electrons. The highest BCUT2D eigenvalue weighted by atomic mass is 15.1. The second kappa shape index (κ2) is 15.0. The van der Waals surface area contributed by atoms with Gasteiger partial charge in [0.2, 0.25) is 0 Å². The third kappa shape index (κ3) is 5.57. The first kappa shape index (κ1) is 34.8. The van der Waals surface area contributed by atoms with Gasteiger partial charge in [-0.2, -0.15) is 0 Å². The number of aromatic nitrogens is 5. The van der Waals surface area contributed by atoms with E-state index in [9.17, 15) is 2.74 Å². The first-order valence-corrected chi connectivity index (χ1v) is 23.6. The maximum absolute atomic E-state index is 9.54. The minimum absolute atomic E-state index is 0.0861. The van der Waals surface area contributed by atoms with Crippen LogP contribution in [0.4, 0.5) is 0 Å². The van der Waals surface area contributed by atoms with Crippen LogP contribution >= 0.6 is 0 Å². The Morgan fingerprint density at radius 2 is 0.786 bits per heavy atom. The maximum atomic E-state index is 9.54. The maximum Gasteiger partial charge on any atom is 0.140 e. The predicted octanol–water partition coefficient (Wildman–Crippen LogP) is 16.8. The highest BCUT2D eigenvalue weighted by molar-refractivity contribution is 6.14. The zero-order chi connectivity index (χ0) is 49.3. The topological polar surface area (TPSA) is 32.6 Å². The number of pyridine rings is 1. The fourth-order valence-electron chi connectivity index (χ4n) is 11.4. The van der Waals surface area contributed by atoms with Crippen molar-refractivity contribution in [3.8, 4) is 45.3 Å². The first-order valence-electron chi connectivity index (χ1n) is 25.6. The normalized spacial score (nSPS) is 12.8. The summed E-state index contributed by atoms with van der Waals surface area (Å²) in [6, 6.07) is 77.9. The molecule has 70 heavy (non-hydrogen) atoms. The Labute approximate surface area is 408 Å². The number of nitrogens with zero attached hydrogens (tertiary/aromatic N) is 5. The van der Waals surface area contributed by atoms with Gasteiger partial charge in [-0.05, 0) is 83.9 Å². The SMILES string of the molecule is [2H]c1c([2H])c([2H])c2c(c1[2H])c1ccccc1n2-c1cc(-n2c3ccccc3c3ccccc32)cc(-c2c(-c3ccc4c5ccccc5n(-c5ccccc5)c4c3)cccc2-n2c3ccccc3c3ccccc32)n1. The van der Waals surface area contributed by atoms with E-state index in [0.717, 1.165) is 99.3 Å². The van der Waals surface area contributed by atoms with Crippen molar-refractivity contribution in [3.05, 3.63) is 249 Å². The summed E-state index contributed by atoms with van der Waals surface area (Å²) in [5.74, 6) is 0.512. The smallest absolute Gasteiger partial charge is 0.140 e. The number of fused-ring (bicyclic) bond motifs is 12. The van der Waals surface area contributed by atoms with Gasteiger partial charge in [-0.15, -0.1) is 0 Å². The number of hydrogen-bond donors (Lipinski definition) is 0. The molecule has 15 rings (SSSR count). The minimum atomic E-state index is -0.298. The summed E-state index contributed by atoms with van der Waals surface area (Å²) in [7, 11) is 0. The molecule has 0 fully saturated rings. The van der Waals surface area contributed by atoms with Crippen LogP contribution in [-0.2, 0) is 0 Å². The van der Waals surface area contributed by atoms with Gasteiger partial charge in [0.05, 0.1) is 66.7 Å². The Bertz CT molecular complexity index is 4740. The molecule has 0 saturated heterocycles. The lowest BCUT2D eigenvalue weighted by Crippen LogP contribution is -2.06. The number of benzene rings is 10. The lowest BCUT2D eigenvalue weighted by atomic mass is 9.94. The van der Waals surface area contributed by atoms with Gasteiger partial charge in [-0.25, -0.2) is 4.98 Å². The third-order valence-corrected chi connectivity index (χ3v) is 14.3. The van der Waals surface area contributed by atoms with Crippen LogP contribution in [0.3, 0.4) is 0 Å². The molecule has 10 aromatic carbocycles. The monoisotopic (exact) mass is 895 g/mol. The van der Waals surface area contributed by atoms with Crippen LogP contribution in [0, 0.1) is 0 Å². The standard InChI is InChI=1S/C65H41N5/c1-2-19-43(20-3-1)67-55-29-11-6-27-52(55)53-38-37-42(39-63(53)67)45-28-18-36-62(69-58-32-14-7-23-48(58)49-24-8-15-33-59(49)69)65(45)54-40-44(68-56-30-12-4-21-46(56)47-22-5-13-31-57(47)68)41-64(66-54)70-60-34-16-9-25-50(60)51-26-10-17-35-61(51)70/h1-41H/i9D,16D,25D,34D. The van der Waals surface area contributed by atoms with E-state index in [4.69, 9.17) is 7.73 Å². The molecule has 0 amide bonds. The summed E-state index contributed by atoms with van der Waals surface area (Å²) in [5, 5.41) is 7.99. The summed E-state index contributed by atoms with van der Waals surface area (Å²) in [5.41, 5.74) is 13.9. The molecule has 0 aliphatic rings. The summed E-state index contributed by atoms with van der Waals surface area (Å²) in [4.78, 5) is 5.80. The summed E-state index contributed by atoms with van der Waals surface area (Å²) < 4.78 is 45.6. The van der Waals surface area contributed by atoms with Crippen molar-refractivity contribution in [2.24, 2.45) is 0 Å². The van der Waals surface area contributed by atoms with Crippen LogP contribution in [0.25, 0.3) is 132 Å². The number of hydrogen-bond acceptors (Lipinski definition) is 1. The second-order valence-corrected chi connectivity index (χ2v) is 18.0. The van der Waals surface area contributed by atoms with Crippen LogP contribution < -0.4 is 0 Å². The van der Waals surface area contributed by atoms with Crippen LogP contribution in [0.5, 0.6) is 0 Å². The fourth-order valence-corrected chi connectivity index (χ4v) is 11.4. The third-order valence-electron chi connectivity index (χ3n) is 14.3. The zero-order valence-corrected chi connectivity index (χ0v) is 37.6. The van der Waals surface area contributed by atoms with Crippen molar-refractivity contribution >= 4 is 87.2 Å². The van der Waals surface area contributed by atoms with Gasteiger partial charge in [-0.3, -0.25) is 4.57 Å². The summed E-state index contributed by atoms with van der Waals surface area (Å²) >= 11 is 0. The average molecular weight is 896 g/mol. The molecule has 0 aliphatic heterocycles. The lowest BCUT2D eigenvalue weighted by Gasteiger charge is -2.20. The Morgan fingerprint density at radius 3 is 1.37 bits per heavy atom. The highest BCUT2D eigenvalue weighted by Gasteiger charge is 2.24. The number of rotatable bonds is 6. The van der Waals surface area contributed by atoms with E-state index in [1.807, 2.05) is 28.8 Å². The molecule has 0 radical (unpaired) electrons. The molecule has 0 bridgehead atoms. The zero-order valence-electron chi connectivity index (χ0n) is 41.6. The van der Waals surface area contributed by atoms with Crippen LogP contribution in [0.1, 0.15) is 5.48 Å². The van der Waals surface area contributed by atoms with Gasteiger partial charge in [0, 0.05) is 60.4 Å². The van der Waals surface area contributed by atoms with Gasteiger partial charge in [0.1, 0.15) is 5.82 Å². The van der Waals surface area contributed by atoms with E-state index >= 15 is 0 Å². The van der Waals surface area contributed by atoms with E-state index in [1.165, 1.54) is 5.39 Å². The van der Waals surface area contributed by atoms with Gasteiger partial charge in [-0.1, -0.05) is 170 Å². The largest absolute Gasteiger partial charge is 0.309 e. The van der Waals surface area contributed by atoms with E-state index in [2.05, 4.69) is 214 Å². The minimum Gasteiger partial charge on any atom is -0.309 e. The molecule has 15 aromatic rings. The van der Waals surface area contributed by atoms with Crippen LogP contribution in [-0.4, -0.2) is 23.3 Å². The van der Waals surface area contributed by atoms with Crippen molar-refractivity contribution in [1.82, 2.24) is 23.3 Å². The molecule has 0 unspecified atom stereocenters. The molecular weight excluding hydrogens is 851 g/mol. The molecule has 0 aliphatic carbocycles. The molecular formula is C65H41N5. The van der Waals surface area contributed by atoms with Gasteiger partial charge in [0.25, 0.3) is 0 Å². The van der Waals surface area contributed by atoms with Crippen LogP contribution in [0.15, 0.2) is 249 Å². The fraction of sp³-hybridized carbons (Fsp3) is 0. The Hall–Kier alpha value is -9.45. The number of para-hydroxylation sites is 8. The van der Waals surface area contributed by atoms with Crippen molar-refractivity contribution in [1.29, 1.82) is 0 Å².